The van der Waals surface area contributed by atoms with E-state index < -0.39 is 5.76 Å². The van der Waals surface area contributed by atoms with Crippen molar-refractivity contribution in [2.75, 3.05) is 0 Å². The van der Waals surface area contributed by atoms with Crippen molar-refractivity contribution in [3.8, 4) is 11.4 Å². The van der Waals surface area contributed by atoms with Crippen LogP contribution in [0.2, 0.25) is 0 Å². The van der Waals surface area contributed by atoms with E-state index in [1.165, 1.54) is 4.57 Å². The van der Waals surface area contributed by atoms with Gasteiger partial charge in [0.15, 0.2) is 5.82 Å². The first-order valence-corrected chi connectivity index (χ1v) is 5.72. The number of alkyl halides is 1. The van der Waals surface area contributed by atoms with E-state index in [2.05, 4.69) is 10.1 Å². The third-order valence-corrected chi connectivity index (χ3v) is 3.36. The van der Waals surface area contributed by atoms with E-state index in [-0.39, 0.29) is 4.87 Å². The highest BCUT2D eigenvalue weighted by Gasteiger charge is 2.42. The molecule has 17 heavy (non-hydrogen) atoms. The second-order valence-electron chi connectivity index (χ2n) is 4.25. The first kappa shape index (κ1) is 10.5. The molecule has 1 aliphatic carbocycles. The summed E-state index contributed by atoms with van der Waals surface area (Å²) in [4.78, 5) is 15.2. The zero-order valence-corrected chi connectivity index (χ0v) is 9.72. The van der Waals surface area contributed by atoms with Gasteiger partial charge < -0.3 is 0 Å². The van der Waals surface area contributed by atoms with Gasteiger partial charge in [-0.15, -0.1) is 11.6 Å². The summed E-state index contributed by atoms with van der Waals surface area (Å²) in [5.41, 5.74) is 0.798. The minimum Gasteiger partial charge on any atom is -0.295 e. The topological polar surface area (TPSA) is 60.9 Å². The molecule has 3 rings (SSSR count). The molecule has 0 N–H and O–H groups in total. The van der Waals surface area contributed by atoms with Crippen molar-refractivity contribution in [3.63, 3.8) is 0 Å². The van der Waals surface area contributed by atoms with Crippen LogP contribution in [0.3, 0.4) is 0 Å². The zero-order valence-electron chi connectivity index (χ0n) is 8.97. The molecule has 0 unspecified atom stereocenters. The summed E-state index contributed by atoms with van der Waals surface area (Å²) in [5.74, 6) is 0.0352. The molecular weight excluding hydrogens is 242 g/mol. The molecule has 1 aliphatic rings. The predicted octanol–water partition coefficient (Wildman–Crippen LogP) is 1.67. The third-order valence-electron chi connectivity index (χ3n) is 2.86. The molecule has 5 nitrogen and oxygen atoms in total. The van der Waals surface area contributed by atoms with Gasteiger partial charge in [0.05, 0.1) is 11.4 Å². The summed E-state index contributed by atoms with van der Waals surface area (Å²) in [6.07, 6.45) is 5.13. The summed E-state index contributed by atoms with van der Waals surface area (Å²) in [6.45, 7) is 0.439. The van der Waals surface area contributed by atoms with Gasteiger partial charge in [0.25, 0.3) is 0 Å². The van der Waals surface area contributed by atoms with Crippen LogP contribution < -0.4 is 5.76 Å². The number of hydrogen-bond donors (Lipinski definition) is 0. The Morgan fingerprint density at radius 2 is 2.12 bits per heavy atom. The maximum atomic E-state index is 11.6. The van der Waals surface area contributed by atoms with Crippen molar-refractivity contribution >= 4 is 11.6 Å². The van der Waals surface area contributed by atoms with Gasteiger partial charge in [0, 0.05) is 18.0 Å². The molecular formula is C11H10ClN3O2. The maximum Gasteiger partial charge on any atom is 0.441 e. The lowest BCUT2D eigenvalue weighted by Crippen LogP contribution is -2.22. The molecule has 0 radical (unpaired) electrons. The van der Waals surface area contributed by atoms with Crippen LogP contribution in [0.15, 0.2) is 33.8 Å². The smallest absolute Gasteiger partial charge is 0.295 e. The van der Waals surface area contributed by atoms with Crippen LogP contribution in [0.1, 0.15) is 12.8 Å². The summed E-state index contributed by atoms with van der Waals surface area (Å²) < 4.78 is 6.18. The van der Waals surface area contributed by atoms with Crippen molar-refractivity contribution in [3.05, 3.63) is 35.1 Å². The maximum absolute atomic E-state index is 11.6. The summed E-state index contributed by atoms with van der Waals surface area (Å²) in [7, 11) is 0. The molecule has 0 saturated heterocycles. The number of halogens is 1. The Morgan fingerprint density at radius 1 is 1.41 bits per heavy atom. The molecule has 6 heteroatoms. The molecule has 2 aromatic rings. The number of rotatable bonds is 3. The van der Waals surface area contributed by atoms with Gasteiger partial charge in [-0.3, -0.25) is 14.1 Å². The van der Waals surface area contributed by atoms with Gasteiger partial charge in [-0.2, -0.15) is 0 Å². The van der Waals surface area contributed by atoms with E-state index in [9.17, 15) is 4.79 Å². The van der Waals surface area contributed by atoms with Crippen molar-refractivity contribution < 1.29 is 4.52 Å². The highest BCUT2D eigenvalue weighted by atomic mass is 35.5. The van der Waals surface area contributed by atoms with Crippen LogP contribution in [0.25, 0.3) is 11.4 Å². The van der Waals surface area contributed by atoms with Crippen molar-refractivity contribution in [2.45, 2.75) is 24.3 Å². The van der Waals surface area contributed by atoms with E-state index in [0.29, 0.717) is 12.4 Å². The lowest BCUT2D eigenvalue weighted by molar-refractivity contribution is 0.374. The summed E-state index contributed by atoms with van der Waals surface area (Å²) in [6, 6.07) is 3.56. The highest BCUT2D eigenvalue weighted by molar-refractivity contribution is 6.25. The zero-order chi connectivity index (χ0) is 11.9. The SMILES string of the molecule is O=c1onc(-c2ccncc2)n1CC1(Cl)CC1. The standard InChI is InChI=1S/C11H10ClN3O2/c12-11(3-4-11)7-15-9(14-17-10(15)16)8-1-5-13-6-2-8/h1-2,5-6H,3-4,7H2. The summed E-state index contributed by atoms with van der Waals surface area (Å²) in [5, 5.41) is 3.79. The Labute approximate surface area is 102 Å². The van der Waals surface area contributed by atoms with Crippen molar-refractivity contribution in [2.24, 2.45) is 0 Å². The van der Waals surface area contributed by atoms with Crippen LogP contribution in [-0.4, -0.2) is 19.6 Å². The Kier molecular flexibility index (Phi) is 2.29. The van der Waals surface area contributed by atoms with Gasteiger partial charge in [0.2, 0.25) is 0 Å². The fraction of sp³-hybridized carbons (Fsp3) is 0.364. The van der Waals surface area contributed by atoms with Gasteiger partial charge in [0.1, 0.15) is 0 Å². The number of pyridine rings is 1. The van der Waals surface area contributed by atoms with Crippen LogP contribution in [0.4, 0.5) is 0 Å². The van der Waals surface area contributed by atoms with E-state index in [0.717, 1.165) is 18.4 Å². The minimum absolute atomic E-state index is 0.294. The Bertz CT molecular complexity index is 586. The fourth-order valence-electron chi connectivity index (χ4n) is 1.69. The van der Waals surface area contributed by atoms with E-state index >= 15 is 0 Å². The molecule has 0 spiro atoms. The lowest BCUT2D eigenvalue weighted by Gasteiger charge is -2.07. The average Bonchev–Trinajstić information content (AvgIpc) is 2.96. The second-order valence-corrected chi connectivity index (χ2v) is 5.05. The van der Waals surface area contributed by atoms with Crippen LogP contribution in [0, 0.1) is 0 Å². The molecule has 0 aliphatic heterocycles. The van der Waals surface area contributed by atoms with Crippen LogP contribution in [0.5, 0.6) is 0 Å². The number of aromatic nitrogens is 3. The van der Waals surface area contributed by atoms with E-state index in [1.807, 2.05) is 0 Å². The van der Waals surface area contributed by atoms with E-state index in [4.69, 9.17) is 16.1 Å². The van der Waals surface area contributed by atoms with Crippen LogP contribution >= 0.6 is 11.6 Å². The minimum atomic E-state index is -0.469. The first-order chi connectivity index (χ1) is 8.18. The molecule has 2 aromatic heterocycles. The largest absolute Gasteiger partial charge is 0.441 e. The predicted molar refractivity (Wildman–Crippen MR) is 61.8 cm³/mol. The van der Waals surface area contributed by atoms with Gasteiger partial charge in [-0.25, -0.2) is 4.79 Å². The number of nitrogens with zero attached hydrogens (tertiary/aromatic N) is 3. The molecule has 0 amide bonds. The lowest BCUT2D eigenvalue weighted by atomic mass is 10.2. The normalized spacial score (nSPS) is 17.0. The molecule has 0 atom stereocenters. The monoisotopic (exact) mass is 251 g/mol. The van der Waals surface area contributed by atoms with Crippen molar-refractivity contribution in [1.29, 1.82) is 0 Å². The van der Waals surface area contributed by atoms with E-state index in [1.54, 1.807) is 24.5 Å². The Morgan fingerprint density at radius 3 is 2.76 bits per heavy atom. The van der Waals surface area contributed by atoms with Gasteiger partial charge in [-0.1, -0.05) is 5.16 Å². The fourth-order valence-corrected chi connectivity index (χ4v) is 1.91. The Balaban J connectivity index is 2.03. The molecule has 2 heterocycles. The third kappa shape index (κ3) is 1.98. The highest BCUT2D eigenvalue weighted by Crippen LogP contribution is 2.44. The number of hydrogen-bond acceptors (Lipinski definition) is 4. The Hall–Kier alpha value is -1.62. The van der Waals surface area contributed by atoms with Crippen molar-refractivity contribution in [1.82, 2.24) is 14.7 Å². The molecule has 1 saturated carbocycles. The quantitative estimate of drug-likeness (QED) is 0.779. The molecule has 88 valence electrons. The van der Waals surface area contributed by atoms with Gasteiger partial charge >= 0.3 is 5.76 Å². The van der Waals surface area contributed by atoms with Crippen LogP contribution in [-0.2, 0) is 6.54 Å². The average molecular weight is 252 g/mol. The second kappa shape index (κ2) is 3.70. The summed E-state index contributed by atoms with van der Waals surface area (Å²) >= 11 is 6.23. The van der Waals surface area contributed by atoms with Gasteiger partial charge in [-0.05, 0) is 25.0 Å². The first-order valence-electron chi connectivity index (χ1n) is 5.34. The molecule has 1 fully saturated rings. The molecule has 0 aromatic carbocycles. The molecule has 0 bridgehead atoms.